The molecule has 0 fully saturated rings. The Hall–Kier alpha value is -0.780. The Kier molecular flexibility index (Phi) is 4.94. The lowest BCUT2D eigenvalue weighted by Crippen LogP contribution is -2.20. The normalized spacial score (nSPS) is 12.5. The molecule has 0 aromatic heterocycles. The first-order valence-electron chi connectivity index (χ1n) is 6.02. The average molecular weight is 405 g/mol. The minimum atomic E-state index is -0.481. The van der Waals surface area contributed by atoms with Crippen LogP contribution in [0.4, 0.5) is 8.78 Å². The zero-order valence-corrected chi connectivity index (χ0v) is 14.1. The molecule has 0 saturated carbocycles. The second-order valence-corrected chi connectivity index (χ2v) is 6.13. The summed E-state index contributed by atoms with van der Waals surface area (Å²) in [4.78, 5) is 0. The molecule has 106 valence electrons. The van der Waals surface area contributed by atoms with Crippen LogP contribution in [0.5, 0.6) is 0 Å². The molecule has 1 atom stereocenters. The number of nitrogens with one attached hydrogen (secondary N) is 1. The van der Waals surface area contributed by atoms with Crippen molar-refractivity contribution in [3.8, 4) is 0 Å². The number of halogens is 4. The van der Waals surface area contributed by atoms with Gasteiger partial charge in [0.05, 0.1) is 10.5 Å². The highest BCUT2D eigenvalue weighted by molar-refractivity contribution is 9.10. The number of aryl methyl sites for hydroxylation is 1. The molecular weight excluding hydrogens is 392 g/mol. The van der Waals surface area contributed by atoms with Crippen LogP contribution >= 0.6 is 31.9 Å². The van der Waals surface area contributed by atoms with Gasteiger partial charge in [0.1, 0.15) is 11.6 Å². The van der Waals surface area contributed by atoms with Gasteiger partial charge in [-0.2, -0.15) is 0 Å². The molecule has 2 rings (SSSR count). The molecule has 0 saturated heterocycles. The van der Waals surface area contributed by atoms with Crippen LogP contribution in [0.1, 0.15) is 22.7 Å². The van der Waals surface area contributed by atoms with E-state index in [1.165, 1.54) is 6.07 Å². The van der Waals surface area contributed by atoms with Crippen molar-refractivity contribution in [2.45, 2.75) is 13.0 Å². The second-order valence-electron chi connectivity index (χ2n) is 4.49. The van der Waals surface area contributed by atoms with E-state index in [-0.39, 0.29) is 10.0 Å². The molecule has 1 nitrogen and oxygen atoms in total. The first-order chi connectivity index (χ1) is 9.45. The maximum Gasteiger partial charge on any atom is 0.137 e. The first-order valence-corrected chi connectivity index (χ1v) is 7.61. The maximum atomic E-state index is 14.1. The summed E-state index contributed by atoms with van der Waals surface area (Å²) in [6.45, 7) is 1.96. The lowest BCUT2D eigenvalue weighted by atomic mass is 9.97. The molecule has 0 aliphatic carbocycles. The van der Waals surface area contributed by atoms with Crippen molar-refractivity contribution < 1.29 is 8.78 Å². The van der Waals surface area contributed by atoms with Crippen molar-refractivity contribution in [3.63, 3.8) is 0 Å². The third kappa shape index (κ3) is 2.95. The molecule has 0 spiro atoms. The smallest absolute Gasteiger partial charge is 0.137 e. The van der Waals surface area contributed by atoms with Gasteiger partial charge in [-0.25, -0.2) is 8.78 Å². The van der Waals surface area contributed by atoms with Gasteiger partial charge in [0.15, 0.2) is 0 Å². The summed E-state index contributed by atoms with van der Waals surface area (Å²) < 4.78 is 28.8. The Morgan fingerprint density at radius 3 is 2.40 bits per heavy atom. The van der Waals surface area contributed by atoms with Gasteiger partial charge >= 0.3 is 0 Å². The van der Waals surface area contributed by atoms with Gasteiger partial charge in [0, 0.05) is 10.0 Å². The molecule has 20 heavy (non-hydrogen) atoms. The zero-order valence-electron chi connectivity index (χ0n) is 11.0. The molecule has 0 aliphatic heterocycles. The van der Waals surface area contributed by atoms with Crippen LogP contribution in [0.2, 0.25) is 0 Å². The summed E-state index contributed by atoms with van der Waals surface area (Å²) in [6.07, 6.45) is 0. The van der Waals surface area contributed by atoms with Crippen molar-refractivity contribution in [1.82, 2.24) is 5.32 Å². The van der Waals surface area contributed by atoms with Crippen LogP contribution in [0.3, 0.4) is 0 Å². The van der Waals surface area contributed by atoms with Crippen LogP contribution in [0, 0.1) is 18.6 Å². The summed E-state index contributed by atoms with van der Waals surface area (Å²) in [5.41, 5.74) is 2.19. The Morgan fingerprint density at radius 2 is 1.75 bits per heavy atom. The lowest BCUT2D eigenvalue weighted by Gasteiger charge is -2.20. The van der Waals surface area contributed by atoms with Gasteiger partial charge in [-0.1, -0.05) is 34.1 Å². The van der Waals surface area contributed by atoms with Crippen molar-refractivity contribution >= 4 is 31.9 Å². The third-order valence-electron chi connectivity index (χ3n) is 3.17. The van der Waals surface area contributed by atoms with Crippen molar-refractivity contribution in [2.75, 3.05) is 7.05 Å². The SMILES string of the molecule is CNC(c1cc(F)c(Br)cc1F)c1cccc(C)c1Br. The minimum absolute atomic E-state index is 0.122. The summed E-state index contributed by atoms with van der Waals surface area (Å²) >= 11 is 6.50. The average Bonchev–Trinajstić information content (AvgIpc) is 2.41. The van der Waals surface area contributed by atoms with E-state index in [0.717, 1.165) is 21.7 Å². The molecule has 1 N–H and O–H groups in total. The highest BCUT2D eigenvalue weighted by Gasteiger charge is 2.21. The Balaban J connectivity index is 2.58. The van der Waals surface area contributed by atoms with E-state index in [0.29, 0.717) is 0 Å². The monoisotopic (exact) mass is 403 g/mol. The molecule has 0 radical (unpaired) electrons. The van der Waals surface area contributed by atoms with Crippen LogP contribution in [0.25, 0.3) is 0 Å². The summed E-state index contributed by atoms with van der Waals surface area (Å²) in [5.74, 6) is -0.934. The molecule has 1 unspecified atom stereocenters. The standard InChI is InChI=1S/C15H13Br2F2N/c1-8-4-3-5-9(14(8)17)15(20-2)10-6-13(19)11(16)7-12(10)18/h3-7,15,20H,1-2H3. The lowest BCUT2D eigenvalue weighted by molar-refractivity contribution is 0.554. The minimum Gasteiger partial charge on any atom is -0.309 e. The van der Waals surface area contributed by atoms with Crippen molar-refractivity contribution in [3.05, 3.63) is 67.6 Å². The van der Waals surface area contributed by atoms with Crippen LogP contribution in [-0.2, 0) is 0 Å². The zero-order chi connectivity index (χ0) is 14.9. The number of rotatable bonds is 3. The number of benzene rings is 2. The van der Waals surface area contributed by atoms with Crippen molar-refractivity contribution in [1.29, 1.82) is 0 Å². The predicted octanol–water partition coefficient (Wildman–Crippen LogP) is 5.11. The fraction of sp³-hybridized carbons (Fsp3) is 0.200. The Bertz CT molecular complexity index is 644. The highest BCUT2D eigenvalue weighted by atomic mass is 79.9. The summed E-state index contributed by atoms with van der Waals surface area (Å²) in [6, 6.07) is 7.68. The second kappa shape index (κ2) is 6.33. The van der Waals surface area contributed by atoms with E-state index in [9.17, 15) is 8.78 Å². The van der Waals surface area contributed by atoms with Gasteiger partial charge in [0.25, 0.3) is 0 Å². The molecule has 0 bridgehead atoms. The Morgan fingerprint density at radius 1 is 1.05 bits per heavy atom. The van der Waals surface area contributed by atoms with E-state index in [1.807, 2.05) is 25.1 Å². The van der Waals surface area contributed by atoms with Gasteiger partial charge in [-0.05, 0) is 53.2 Å². The molecule has 0 heterocycles. The van der Waals surface area contributed by atoms with E-state index >= 15 is 0 Å². The van der Waals surface area contributed by atoms with Crippen molar-refractivity contribution in [2.24, 2.45) is 0 Å². The van der Waals surface area contributed by atoms with Gasteiger partial charge < -0.3 is 5.32 Å². The molecule has 2 aromatic rings. The van der Waals surface area contributed by atoms with Gasteiger partial charge in [0.2, 0.25) is 0 Å². The number of hydrogen-bond acceptors (Lipinski definition) is 1. The van der Waals surface area contributed by atoms with E-state index in [4.69, 9.17) is 0 Å². The molecule has 0 amide bonds. The topological polar surface area (TPSA) is 12.0 Å². The van der Waals surface area contributed by atoms with E-state index in [2.05, 4.69) is 37.2 Å². The summed E-state index contributed by atoms with van der Waals surface area (Å²) in [5, 5.41) is 3.04. The van der Waals surface area contributed by atoms with Gasteiger partial charge in [-0.15, -0.1) is 0 Å². The fourth-order valence-electron chi connectivity index (χ4n) is 2.13. The molecule has 0 aliphatic rings. The highest BCUT2D eigenvalue weighted by Crippen LogP contribution is 2.33. The molecule has 2 aromatic carbocycles. The maximum absolute atomic E-state index is 14.1. The van der Waals surface area contributed by atoms with Crippen LogP contribution in [0.15, 0.2) is 39.3 Å². The predicted molar refractivity (Wildman–Crippen MR) is 83.8 cm³/mol. The van der Waals surface area contributed by atoms with E-state index in [1.54, 1.807) is 7.05 Å². The van der Waals surface area contributed by atoms with E-state index < -0.39 is 17.7 Å². The summed E-state index contributed by atoms with van der Waals surface area (Å²) in [7, 11) is 1.72. The number of hydrogen-bond donors (Lipinski definition) is 1. The first kappa shape index (κ1) is 15.6. The largest absolute Gasteiger partial charge is 0.309 e. The molecular formula is C15H13Br2F2N. The Labute approximate surface area is 133 Å². The fourth-order valence-corrected chi connectivity index (χ4v) is 2.94. The quantitative estimate of drug-likeness (QED) is 0.701. The van der Waals surface area contributed by atoms with Crippen LogP contribution < -0.4 is 5.32 Å². The molecule has 5 heteroatoms. The van der Waals surface area contributed by atoms with Crippen LogP contribution in [-0.4, -0.2) is 7.05 Å². The van der Waals surface area contributed by atoms with Gasteiger partial charge in [-0.3, -0.25) is 0 Å². The third-order valence-corrected chi connectivity index (χ3v) is 4.86.